The van der Waals surface area contributed by atoms with Crippen LogP contribution in [0.1, 0.15) is 38.5 Å². The van der Waals surface area contributed by atoms with Crippen molar-refractivity contribution in [2.45, 2.75) is 25.6 Å². The van der Waals surface area contributed by atoms with Gasteiger partial charge in [-0.25, -0.2) is 0 Å². The molecule has 35 heavy (non-hydrogen) atoms. The molecule has 0 N–H and O–H groups in total. The number of alkyl halides is 3. The van der Waals surface area contributed by atoms with Gasteiger partial charge in [-0.1, -0.05) is 66.2 Å². The van der Waals surface area contributed by atoms with Crippen LogP contribution in [0.2, 0.25) is 0 Å². The molecule has 4 rings (SSSR count). The van der Waals surface area contributed by atoms with E-state index in [2.05, 4.69) is 0 Å². The largest absolute Gasteiger partial charge is 0.416 e. The average molecular weight is 481 g/mol. The van der Waals surface area contributed by atoms with E-state index in [4.69, 9.17) is 0 Å². The number of halogens is 3. The van der Waals surface area contributed by atoms with Crippen LogP contribution in [0.15, 0.2) is 78.9 Å². The molecule has 2 atom stereocenters. The van der Waals surface area contributed by atoms with Crippen molar-refractivity contribution in [3.63, 3.8) is 0 Å². The van der Waals surface area contributed by atoms with E-state index in [0.717, 1.165) is 23.3 Å². The summed E-state index contributed by atoms with van der Waals surface area (Å²) in [5.41, 5.74) is 2.10. The van der Waals surface area contributed by atoms with E-state index in [1.807, 2.05) is 49.4 Å². The molecule has 0 spiro atoms. The Bertz CT molecular complexity index is 1190. The maximum atomic E-state index is 13.5. The molecule has 2 amide bonds. The minimum absolute atomic E-state index is 0.144. The molecule has 1 heterocycles. The third-order valence-electron chi connectivity index (χ3n) is 6.50. The Balaban J connectivity index is 1.63. The summed E-state index contributed by atoms with van der Waals surface area (Å²) in [6.45, 7) is 2.61. The van der Waals surface area contributed by atoms with Crippen LogP contribution >= 0.6 is 0 Å². The lowest BCUT2D eigenvalue weighted by molar-refractivity contribution is -0.137. The molecular formula is C28H27F3N2O2. The molecule has 3 aromatic rings. The van der Waals surface area contributed by atoms with E-state index in [1.165, 1.54) is 6.07 Å². The van der Waals surface area contributed by atoms with Crippen molar-refractivity contribution in [1.29, 1.82) is 0 Å². The Hall–Kier alpha value is -3.61. The van der Waals surface area contributed by atoms with Gasteiger partial charge in [0.1, 0.15) is 0 Å². The number of likely N-dealkylation sites (tertiary alicyclic amines) is 1. The number of carbonyl (C=O) groups excluding carboxylic acids is 2. The lowest BCUT2D eigenvalue weighted by atomic mass is 9.87. The van der Waals surface area contributed by atoms with Crippen molar-refractivity contribution >= 4 is 11.8 Å². The number of carbonyl (C=O) groups is 2. The zero-order chi connectivity index (χ0) is 25.2. The summed E-state index contributed by atoms with van der Waals surface area (Å²) in [6.07, 6.45) is -4.49. The molecule has 0 saturated carbocycles. The Morgan fingerprint density at radius 2 is 1.63 bits per heavy atom. The van der Waals surface area contributed by atoms with E-state index >= 15 is 0 Å². The second-order valence-electron chi connectivity index (χ2n) is 9.09. The third kappa shape index (κ3) is 5.56. The first-order valence-electron chi connectivity index (χ1n) is 11.5. The number of rotatable bonds is 5. The first-order chi connectivity index (χ1) is 16.6. The van der Waals surface area contributed by atoms with E-state index in [9.17, 15) is 22.8 Å². The van der Waals surface area contributed by atoms with E-state index in [0.29, 0.717) is 17.7 Å². The summed E-state index contributed by atoms with van der Waals surface area (Å²) < 4.78 is 40.2. The summed E-state index contributed by atoms with van der Waals surface area (Å²) in [5, 5.41) is 0. The van der Waals surface area contributed by atoms with Crippen LogP contribution in [0.25, 0.3) is 0 Å². The number of hydrogen-bond acceptors (Lipinski definition) is 2. The standard InChI is InChI=1S/C28H27F3N2O2/c1-19-11-13-21(14-12-19)26(34)33-17-24(22-9-6-10-23(15-22)28(29,30)31)25(18-33)27(35)32(2)16-20-7-4-3-5-8-20/h3-15,24-25H,16-18H2,1-2H3. The highest BCUT2D eigenvalue weighted by Crippen LogP contribution is 2.38. The summed E-state index contributed by atoms with van der Waals surface area (Å²) in [7, 11) is 1.68. The summed E-state index contributed by atoms with van der Waals surface area (Å²) in [4.78, 5) is 29.9. The Morgan fingerprint density at radius 1 is 0.943 bits per heavy atom. The molecule has 2 unspecified atom stereocenters. The minimum atomic E-state index is -4.49. The fraction of sp³-hybridized carbons (Fsp3) is 0.286. The lowest BCUT2D eigenvalue weighted by Crippen LogP contribution is -2.36. The predicted molar refractivity (Wildman–Crippen MR) is 128 cm³/mol. The van der Waals surface area contributed by atoms with Gasteiger partial charge < -0.3 is 9.80 Å². The monoisotopic (exact) mass is 480 g/mol. The van der Waals surface area contributed by atoms with Crippen molar-refractivity contribution in [2.75, 3.05) is 20.1 Å². The van der Waals surface area contributed by atoms with Gasteiger partial charge in [0.2, 0.25) is 5.91 Å². The van der Waals surface area contributed by atoms with Gasteiger partial charge in [0.25, 0.3) is 5.91 Å². The summed E-state index contributed by atoms with van der Waals surface area (Å²) in [6, 6.07) is 21.7. The van der Waals surface area contributed by atoms with Gasteiger partial charge in [0, 0.05) is 38.2 Å². The zero-order valence-corrected chi connectivity index (χ0v) is 19.6. The van der Waals surface area contributed by atoms with E-state index in [1.54, 1.807) is 35.0 Å². The maximum Gasteiger partial charge on any atom is 0.416 e. The van der Waals surface area contributed by atoms with Gasteiger partial charge in [0.05, 0.1) is 11.5 Å². The van der Waals surface area contributed by atoms with Crippen LogP contribution < -0.4 is 0 Å². The van der Waals surface area contributed by atoms with Gasteiger partial charge >= 0.3 is 6.18 Å². The Kier molecular flexibility index (Phi) is 6.96. The lowest BCUT2D eigenvalue weighted by Gasteiger charge is -2.25. The van der Waals surface area contributed by atoms with Crippen molar-refractivity contribution in [3.05, 3.63) is 107 Å². The molecule has 0 bridgehead atoms. The predicted octanol–water partition coefficient (Wildman–Crippen LogP) is 5.53. The first-order valence-corrected chi connectivity index (χ1v) is 11.5. The van der Waals surface area contributed by atoms with Crippen molar-refractivity contribution in [1.82, 2.24) is 9.80 Å². The van der Waals surface area contributed by atoms with Gasteiger partial charge in [-0.2, -0.15) is 13.2 Å². The smallest absolute Gasteiger partial charge is 0.341 e. The zero-order valence-electron chi connectivity index (χ0n) is 19.6. The van der Waals surface area contributed by atoms with Crippen LogP contribution in [0.3, 0.4) is 0 Å². The summed E-state index contributed by atoms with van der Waals surface area (Å²) >= 11 is 0. The van der Waals surface area contributed by atoms with Crippen LogP contribution in [0.5, 0.6) is 0 Å². The molecule has 4 nitrogen and oxygen atoms in total. The maximum absolute atomic E-state index is 13.5. The highest BCUT2D eigenvalue weighted by Gasteiger charge is 2.42. The highest BCUT2D eigenvalue weighted by molar-refractivity contribution is 5.95. The van der Waals surface area contributed by atoms with Gasteiger partial charge in [-0.15, -0.1) is 0 Å². The Labute approximate surface area is 203 Å². The second kappa shape index (κ2) is 9.94. The number of aryl methyl sites for hydroxylation is 1. The number of benzene rings is 3. The van der Waals surface area contributed by atoms with Gasteiger partial charge in [-0.3, -0.25) is 9.59 Å². The molecule has 1 aliphatic rings. The van der Waals surface area contributed by atoms with E-state index in [-0.39, 0.29) is 24.9 Å². The molecule has 1 saturated heterocycles. The highest BCUT2D eigenvalue weighted by atomic mass is 19.4. The minimum Gasteiger partial charge on any atom is -0.341 e. The fourth-order valence-electron chi connectivity index (χ4n) is 4.60. The molecule has 7 heteroatoms. The van der Waals surface area contributed by atoms with Crippen molar-refractivity contribution in [2.24, 2.45) is 5.92 Å². The summed E-state index contributed by atoms with van der Waals surface area (Å²) in [5.74, 6) is -1.63. The quantitative estimate of drug-likeness (QED) is 0.482. The third-order valence-corrected chi connectivity index (χ3v) is 6.50. The van der Waals surface area contributed by atoms with Crippen LogP contribution in [0.4, 0.5) is 13.2 Å². The SMILES string of the molecule is Cc1ccc(C(=O)N2CC(C(=O)N(C)Cc3ccccc3)C(c3cccc(C(F)(F)F)c3)C2)cc1. The Morgan fingerprint density at radius 3 is 2.29 bits per heavy atom. The normalized spacial score (nSPS) is 17.9. The van der Waals surface area contributed by atoms with Crippen LogP contribution in [-0.2, 0) is 17.5 Å². The molecule has 1 aliphatic heterocycles. The molecule has 1 fully saturated rings. The van der Waals surface area contributed by atoms with Crippen molar-refractivity contribution < 1.29 is 22.8 Å². The molecular weight excluding hydrogens is 453 g/mol. The van der Waals surface area contributed by atoms with Gasteiger partial charge in [-0.05, 0) is 36.2 Å². The number of nitrogens with zero attached hydrogens (tertiary/aromatic N) is 2. The topological polar surface area (TPSA) is 40.6 Å². The number of amides is 2. The molecule has 3 aromatic carbocycles. The van der Waals surface area contributed by atoms with Crippen molar-refractivity contribution in [3.8, 4) is 0 Å². The molecule has 182 valence electrons. The number of hydrogen-bond donors (Lipinski definition) is 0. The fourth-order valence-corrected chi connectivity index (χ4v) is 4.60. The van der Waals surface area contributed by atoms with Crippen LogP contribution in [0, 0.1) is 12.8 Å². The van der Waals surface area contributed by atoms with Crippen LogP contribution in [-0.4, -0.2) is 41.8 Å². The molecule has 0 aliphatic carbocycles. The second-order valence-corrected chi connectivity index (χ2v) is 9.09. The first kappa shape index (κ1) is 24.5. The molecule has 0 aromatic heterocycles. The van der Waals surface area contributed by atoms with Gasteiger partial charge in [0.15, 0.2) is 0 Å². The molecule has 0 radical (unpaired) electrons. The van der Waals surface area contributed by atoms with E-state index < -0.39 is 23.6 Å². The average Bonchev–Trinajstić information content (AvgIpc) is 3.29.